The SMILES string of the molecule is CCCc1ccc(C(c2ccc[nH]2)c2ccc[nH]2)cc1. The molecule has 0 spiro atoms. The van der Waals surface area contributed by atoms with Gasteiger partial charge in [0.25, 0.3) is 0 Å². The molecule has 0 aliphatic carbocycles. The molecule has 3 aromatic rings. The van der Waals surface area contributed by atoms with E-state index in [1.807, 2.05) is 12.4 Å². The number of hydrogen-bond acceptors (Lipinski definition) is 0. The quantitative estimate of drug-likeness (QED) is 0.681. The number of rotatable bonds is 5. The summed E-state index contributed by atoms with van der Waals surface area (Å²) in [7, 11) is 0. The van der Waals surface area contributed by atoms with Crippen molar-refractivity contribution in [1.29, 1.82) is 0 Å². The van der Waals surface area contributed by atoms with Crippen molar-refractivity contribution in [3.8, 4) is 0 Å². The van der Waals surface area contributed by atoms with Crippen molar-refractivity contribution in [1.82, 2.24) is 9.97 Å². The monoisotopic (exact) mass is 264 g/mol. The summed E-state index contributed by atoms with van der Waals surface area (Å²) >= 11 is 0. The molecule has 2 N–H and O–H groups in total. The largest absolute Gasteiger partial charge is 0.364 e. The molecule has 0 unspecified atom stereocenters. The standard InChI is InChI=1S/C18H20N2/c1-2-5-14-8-10-15(11-9-14)18(16-6-3-12-19-16)17-7-4-13-20-17/h3-4,6-13,18-20H,2,5H2,1H3. The fourth-order valence-electron chi connectivity index (χ4n) is 2.74. The maximum atomic E-state index is 3.34. The zero-order chi connectivity index (χ0) is 13.8. The van der Waals surface area contributed by atoms with Crippen LogP contribution in [0.4, 0.5) is 0 Å². The van der Waals surface area contributed by atoms with Crippen LogP contribution in [0, 0.1) is 0 Å². The number of aromatic nitrogens is 2. The maximum absolute atomic E-state index is 3.34. The second-order valence-electron chi connectivity index (χ2n) is 5.18. The predicted octanol–water partition coefficient (Wildman–Crippen LogP) is 4.48. The molecular weight excluding hydrogens is 244 g/mol. The molecule has 0 bridgehead atoms. The lowest BCUT2D eigenvalue weighted by molar-refractivity contribution is 0.888. The Morgan fingerprint density at radius 3 is 1.90 bits per heavy atom. The highest BCUT2D eigenvalue weighted by atomic mass is 14.7. The van der Waals surface area contributed by atoms with E-state index < -0.39 is 0 Å². The van der Waals surface area contributed by atoms with Crippen LogP contribution in [0.1, 0.15) is 41.8 Å². The van der Waals surface area contributed by atoms with Gasteiger partial charge < -0.3 is 9.97 Å². The molecule has 2 heteroatoms. The van der Waals surface area contributed by atoms with Crippen molar-refractivity contribution in [3.05, 3.63) is 83.4 Å². The molecule has 0 amide bonds. The minimum Gasteiger partial charge on any atom is -0.364 e. The Balaban J connectivity index is 1.97. The normalized spacial score (nSPS) is 11.1. The van der Waals surface area contributed by atoms with Crippen LogP contribution in [0.25, 0.3) is 0 Å². The molecule has 0 fully saturated rings. The highest BCUT2D eigenvalue weighted by Crippen LogP contribution is 2.30. The van der Waals surface area contributed by atoms with Gasteiger partial charge in [-0.05, 0) is 41.8 Å². The first-order valence-electron chi connectivity index (χ1n) is 7.24. The Labute approximate surface area is 119 Å². The first kappa shape index (κ1) is 12.8. The lowest BCUT2D eigenvalue weighted by atomic mass is 9.91. The van der Waals surface area contributed by atoms with Crippen molar-refractivity contribution in [2.75, 3.05) is 0 Å². The van der Waals surface area contributed by atoms with Crippen molar-refractivity contribution in [2.24, 2.45) is 0 Å². The van der Waals surface area contributed by atoms with Gasteiger partial charge in [-0.1, -0.05) is 37.6 Å². The summed E-state index contributed by atoms with van der Waals surface area (Å²) in [6.07, 6.45) is 6.30. The molecule has 20 heavy (non-hydrogen) atoms. The van der Waals surface area contributed by atoms with Crippen molar-refractivity contribution in [2.45, 2.75) is 25.7 Å². The van der Waals surface area contributed by atoms with Crippen molar-refractivity contribution in [3.63, 3.8) is 0 Å². The van der Waals surface area contributed by atoms with E-state index in [1.165, 1.54) is 28.9 Å². The van der Waals surface area contributed by atoms with Gasteiger partial charge in [0.1, 0.15) is 0 Å². The molecule has 1 aromatic carbocycles. The first-order chi connectivity index (χ1) is 9.88. The van der Waals surface area contributed by atoms with E-state index in [4.69, 9.17) is 0 Å². The summed E-state index contributed by atoms with van der Waals surface area (Å²) in [5.41, 5.74) is 5.16. The third kappa shape index (κ3) is 2.55. The van der Waals surface area contributed by atoms with Gasteiger partial charge in [-0.3, -0.25) is 0 Å². The number of H-pyrrole nitrogens is 2. The highest BCUT2D eigenvalue weighted by molar-refractivity contribution is 5.39. The Morgan fingerprint density at radius 1 is 0.850 bits per heavy atom. The van der Waals surface area contributed by atoms with Crippen LogP contribution in [0.15, 0.2) is 60.9 Å². The molecule has 0 saturated carbocycles. The molecular formula is C18H20N2. The van der Waals surface area contributed by atoms with E-state index in [0.29, 0.717) is 0 Å². The van der Waals surface area contributed by atoms with Gasteiger partial charge in [0.05, 0.1) is 5.92 Å². The van der Waals surface area contributed by atoms with Gasteiger partial charge in [0.15, 0.2) is 0 Å². The van der Waals surface area contributed by atoms with Crippen molar-refractivity contribution >= 4 is 0 Å². The van der Waals surface area contributed by atoms with Gasteiger partial charge in [-0.15, -0.1) is 0 Å². The number of aromatic amines is 2. The van der Waals surface area contributed by atoms with Gasteiger partial charge in [0, 0.05) is 23.8 Å². The van der Waals surface area contributed by atoms with Gasteiger partial charge >= 0.3 is 0 Å². The van der Waals surface area contributed by atoms with Crippen LogP contribution in [0.3, 0.4) is 0 Å². The Kier molecular flexibility index (Phi) is 3.73. The number of nitrogens with one attached hydrogen (secondary N) is 2. The Bertz CT molecular complexity index is 584. The molecule has 0 aliphatic heterocycles. The van der Waals surface area contributed by atoms with Crippen LogP contribution >= 0.6 is 0 Å². The summed E-state index contributed by atoms with van der Waals surface area (Å²) in [5, 5.41) is 0. The average molecular weight is 264 g/mol. The number of hydrogen-bond donors (Lipinski definition) is 2. The van der Waals surface area contributed by atoms with Crippen LogP contribution in [-0.2, 0) is 6.42 Å². The zero-order valence-electron chi connectivity index (χ0n) is 11.8. The molecule has 0 atom stereocenters. The van der Waals surface area contributed by atoms with E-state index in [-0.39, 0.29) is 5.92 Å². The van der Waals surface area contributed by atoms with Gasteiger partial charge in [0.2, 0.25) is 0 Å². The molecule has 0 saturated heterocycles. The smallest absolute Gasteiger partial charge is 0.0641 e. The van der Waals surface area contributed by atoms with Gasteiger partial charge in [-0.2, -0.15) is 0 Å². The molecule has 0 radical (unpaired) electrons. The molecule has 2 heterocycles. The second-order valence-corrected chi connectivity index (χ2v) is 5.18. The van der Waals surface area contributed by atoms with E-state index in [0.717, 1.165) is 6.42 Å². The highest BCUT2D eigenvalue weighted by Gasteiger charge is 2.18. The van der Waals surface area contributed by atoms with E-state index >= 15 is 0 Å². The lowest BCUT2D eigenvalue weighted by Gasteiger charge is -2.16. The minimum atomic E-state index is 0.246. The Hall–Kier alpha value is -2.22. The Morgan fingerprint density at radius 2 is 1.45 bits per heavy atom. The zero-order valence-corrected chi connectivity index (χ0v) is 11.8. The minimum absolute atomic E-state index is 0.246. The third-order valence-electron chi connectivity index (χ3n) is 3.72. The van der Waals surface area contributed by atoms with Crippen LogP contribution in [0.5, 0.6) is 0 Å². The summed E-state index contributed by atoms with van der Waals surface area (Å²) in [6.45, 7) is 2.22. The molecule has 3 rings (SSSR count). The van der Waals surface area contributed by atoms with Gasteiger partial charge in [-0.25, -0.2) is 0 Å². The summed E-state index contributed by atoms with van der Waals surface area (Å²) < 4.78 is 0. The predicted molar refractivity (Wildman–Crippen MR) is 83.0 cm³/mol. The fraction of sp³-hybridized carbons (Fsp3) is 0.222. The van der Waals surface area contributed by atoms with E-state index in [1.54, 1.807) is 0 Å². The number of benzene rings is 1. The summed E-state index contributed by atoms with van der Waals surface area (Å²) in [6, 6.07) is 17.4. The lowest BCUT2D eigenvalue weighted by Crippen LogP contribution is -2.04. The summed E-state index contributed by atoms with van der Waals surface area (Å²) in [5.74, 6) is 0.246. The van der Waals surface area contributed by atoms with Crippen LogP contribution < -0.4 is 0 Å². The maximum Gasteiger partial charge on any atom is 0.0641 e. The van der Waals surface area contributed by atoms with E-state index in [9.17, 15) is 0 Å². The second kappa shape index (κ2) is 5.83. The van der Waals surface area contributed by atoms with Crippen molar-refractivity contribution < 1.29 is 0 Å². The third-order valence-corrected chi connectivity index (χ3v) is 3.72. The molecule has 0 aliphatic rings. The molecule has 2 nitrogen and oxygen atoms in total. The fourth-order valence-corrected chi connectivity index (χ4v) is 2.74. The first-order valence-corrected chi connectivity index (χ1v) is 7.24. The summed E-state index contributed by atoms with van der Waals surface area (Å²) in [4.78, 5) is 6.69. The molecule has 2 aromatic heterocycles. The molecule has 102 valence electrons. The van der Waals surface area contributed by atoms with Crippen LogP contribution in [-0.4, -0.2) is 9.97 Å². The topological polar surface area (TPSA) is 31.6 Å². The average Bonchev–Trinajstić information content (AvgIpc) is 3.15. The van der Waals surface area contributed by atoms with E-state index in [2.05, 4.69) is 65.4 Å². The number of aryl methyl sites for hydroxylation is 1. The van der Waals surface area contributed by atoms with Crippen LogP contribution in [0.2, 0.25) is 0 Å².